The molecule has 0 aliphatic carbocycles. The van der Waals surface area contributed by atoms with Crippen LogP contribution >= 0.6 is 15.9 Å². The molecule has 0 saturated heterocycles. The van der Waals surface area contributed by atoms with Crippen LogP contribution < -0.4 is 0 Å². The number of rotatable bonds is 4. The number of hydrogen-bond donors (Lipinski definition) is 1. The van der Waals surface area contributed by atoms with Crippen LogP contribution in [0.5, 0.6) is 0 Å². The SMILES string of the molecule is CCOC(=O)C=Cc1ccc(Br)c(C(=O)O)c1. The average Bonchev–Trinajstić information content (AvgIpc) is 2.28. The summed E-state index contributed by atoms with van der Waals surface area (Å²) >= 11 is 3.14. The van der Waals surface area contributed by atoms with Crippen LogP contribution in [0.25, 0.3) is 6.08 Å². The van der Waals surface area contributed by atoms with E-state index in [-0.39, 0.29) is 5.56 Å². The molecule has 0 amide bonds. The minimum atomic E-state index is -1.02. The van der Waals surface area contributed by atoms with E-state index >= 15 is 0 Å². The first-order valence-corrected chi connectivity index (χ1v) is 5.71. The van der Waals surface area contributed by atoms with Gasteiger partial charge in [-0.05, 0) is 46.6 Å². The summed E-state index contributed by atoms with van der Waals surface area (Å²) < 4.78 is 5.21. The summed E-state index contributed by atoms with van der Waals surface area (Å²) in [5.41, 5.74) is 0.773. The topological polar surface area (TPSA) is 63.6 Å². The van der Waals surface area contributed by atoms with E-state index in [0.717, 1.165) is 0 Å². The highest BCUT2D eigenvalue weighted by atomic mass is 79.9. The lowest BCUT2D eigenvalue weighted by atomic mass is 10.1. The fourth-order valence-electron chi connectivity index (χ4n) is 1.17. The van der Waals surface area contributed by atoms with Crippen LogP contribution in [0.1, 0.15) is 22.8 Å². The van der Waals surface area contributed by atoms with Gasteiger partial charge in [0.15, 0.2) is 0 Å². The van der Waals surface area contributed by atoms with E-state index in [2.05, 4.69) is 15.9 Å². The van der Waals surface area contributed by atoms with E-state index in [9.17, 15) is 9.59 Å². The van der Waals surface area contributed by atoms with Gasteiger partial charge >= 0.3 is 11.9 Å². The summed E-state index contributed by atoms with van der Waals surface area (Å²) in [6.07, 6.45) is 2.77. The molecule has 0 aliphatic heterocycles. The van der Waals surface area contributed by atoms with Crippen molar-refractivity contribution in [1.82, 2.24) is 0 Å². The number of benzene rings is 1. The first-order valence-electron chi connectivity index (χ1n) is 4.92. The van der Waals surface area contributed by atoms with Crippen molar-refractivity contribution < 1.29 is 19.4 Å². The standard InChI is InChI=1S/C12H11BrO4/c1-2-17-11(14)6-4-8-3-5-10(13)9(7-8)12(15)16/h3-7H,2H2,1H3,(H,15,16). The molecule has 0 atom stereocenters. The van der Waals surface area contributed by atoms with E-state index in [1.165, 1.54) is 18.2 Å². The lowest BCUT2D eigenvalue weighted by molar-refractivity contribution is -0.137. The first kappa shape index (κ1) is 13.4. The largest absolute Gasteiger partial charge is 0.478 e. The van der Waals surface area contributed by atoms with Gasteiger partial charge in [0.2, 0.25) is 0 Å². The van der Waals surface area contributed by atoms with Gasteiger partial charge in [-0.1, -0.05) is 6.07 Å². The molecule has 5 heteroatoms. The maximum Gasteiger partial charge on any atom is 0.336 e. The summed E-state index contributed by atoms with van der Waals surface area (Å²) in [5, 5.41) is 8.91. The summed E-state index contributed by atoms with van der Waals surface area (Å²) in [6, 6.07) is 4.79. The average molecular weight is 299 g/mol. The van der Waals surface area contributed by atoms with Gasteiger partial charge in [-0.25, -0.2) is 9.59 Å². The van der Waals surface area contributed by atoms with Crippen molar-refractivity contribution in [2.24, 2.45) is 0 Å². The van der Waals surface area contributed by atoms with E-state index < -0.39 is 11.9 Å². The van der Waals surface area contributed by atoms with Gasteiger partial charge in [-0.3, -0.25) is 0 Å². The molecule has 1 aromatic carbocycles. The maximum absolute atomic E-state index is 11.1. The van der Waals surface area contributed by atoms with Crippen molar-refractivity contribution in [3.63, 3.8) is 0 Å². The Labute approximate surface area is 107 Å². The molecule has 4 nitrogen and oxygen atoms in total. The normalized spacial score (nSPS) is 10.5. The Balaban J connectivity index is 2.89. The number of carbonyl (C=O) groups excluding carboxylic acids is 1. The highest BCUT2D eigenvalue weighted by Gasteiger charge is 2.07. The zero-order valence-electron chi connectivity index (χ0n) is 9.14. The van der Waals surface area contributed by atoms with E-state index in [1.807, 2.05) is 0 Å². The van der Waals surface area contributed by atoms with E-state index in [4.69, 9.17) is 9.84 Å². The van der Waals surface area contributed by atoms with Gasteiger partial charge < -0.3 is 9.84 Å². The fourth-order valence-corrected chi connectivity index (χ4v) is 1.58. The number of esters is 1. The molecule has 0 unspecified atom stereocenters. The minimum Gasteiger partial charge on any atom is -0.478 e. The number of halogens is 1. The Morgan fingerprint density at radius 2 is 2.18 bits per heavy atom. The molecule has 0 aromatic heterocycles. The third-order valence-electron chi connectivity index (χ3n) is 1.92. The molecule has 17 heavy (non-hydrogen) atoms. The van der Waals surface area contributed by atoms with Crippen molar-refractivity contribution in [3.05, 3.63) is 39.9 Å². The third kappa shape index (κ3) is 4.03. The van der Waals surface area contributed by atoms with Crippen LogP contribution in [0.3, 0.4) is 0 Å². The smallest absolute Gasteiger partial charge is 0.336 e. The van der Waals surface area contributed by atoms with Gasteiger partial charge in [0.1, 0.15) is 0 Å². The van der Waals surface area contributed by atoms with Crippen LogP contribution in [-0.4, -0.2) is 23.7 Å². The number of aromatic carboxylic acids is 1. The molecule has 0 aliphatic rings. The Bertz CT molecular complexity index is 466. The molecule has 1 N–H and O–H groups in total. The molecule has 0 heterocycles. The van der Waals surface area contributed by atoms with Gasteiger partial charge in [0.05, 0.1) is 12.2 Å². The molecule has 0 saturated carbocycles. The van der Waals surface area contributed by atoms with Crippen LogP contribution in [0.4, 0.5) is 0 Å². The molecule has 1 aromatic rings. The minimum absolute atomic E-state index is 0.149. The lowest BCUT2D eigenvalue weighted by Gasteiger charge is -2.00. The van der Waals surface area contributed by atoms with Crippen LogP contribution in [0.2, 0.25) is 0 Å². The predicted molar refractivity (Wildman–Crippen MR) is 66.8 cm³/mol. The summed E-state index contributed by atoms with van der Waals surface area (Å²) in [6.45, 7) is 2.03. The Morgan fingerprint density at radius 1 is 1.47 bits per heavy atom. The number of carbonyl (C=O) groups is 2. The molecule has 0 fully saturated rings. The molecule has 0 spiro atoms. The number of carboxylic acid groups (broad SMARTS) is 1. The van der Waals surface area contributed by atoms with Crippen molar-refractivity contribution in [2.75, 3.05) is 6.61 Å². The number of ether oxygens (including phenoxy) is 1. The van der Waals surface area contributed by atoms with Crippen molar-refractivity contribution in [3.8, 4) is 0 Å². The molecular weight excluding hydrogens is 288 g/mol. The predicted octanol–water partition coefficient (Wildman–Crippen LogP) is 2.72. The highest BCUT2D eigenvalue weighted by molar-refractivity contribution is 9.10. The highest BCUT2D eigenvalue weighted by Crippen LogP contribution is 2.19. The number of carboxylic acids is 1. The second-order valence-corrected chi connectivity index (χ2v) is 3.98. The van der Waals surface area contributed by atoms with Crippen LogP contribution in [-0.2, 0) is 9.53 Å². The van der Waals surface area contributed by atoms with Crippen molar-refractivity contribution in [1.29, 1.82) is 0 Å². The zero-order chi connectivity index (χ0) is 12.8. The second kappa shape index (κ2) is 6.20. The van der Waals surface area contributed by atoms with E-state index in [0.29, 0.717) is 16.6 Å². The van der Waals surface area contributed by atoms with Crippen molar-refractivity contribution >= 4 is 33.9 Å². The second-order valence-electron chi connectivity index (χ2n) is 3.13. The Kier molecular flexibility index (Phi) is 4.90. The van der Waals surface area contributed by atoms with Crippen LogP contribution in [0.15, 0.2) is 28.7 Å². The number of hydrogen-bond acceptors (Lipinski definition) is 3. The molecule has 0 bridgehead atoms. The maximum atomic E-state index is 11.1. The Morgan fingerprint density at radius 3 is 2.76 bits per heavy atom. The van der Waals surface area contributed by atoms with Crippen LogP contribution in [0, 0.1) is 0 Å². The van der Waals surface area contributed by atoms with Gasteiger partial charge in [0.25, 0.3) is 0 Å². The zero-order valence-corrected chi connectivity index (χ0v) is 10.7. The van der Waals surface area contributed by atoms with Gasteiger partial charge in [-0.15, -0.1) is 0 Å². The molecule has 90 valence electrons. The lowest BCUT2D eigenvalue weighted by Crippen LogP contribution is -1.99. The summed E-state index contributed by atoms with van der Waals surface area (Å²) in [5.74, 6) is -1.48. The monoisotopic (exact) mass is 298 g/mol. The van der Waals surface area contributed by atoms with Gasteiger partial charge in [0, 0.05) is 10.5 Å². The quantitative estimate of drug-likeness (QED) is 0.686. The van der Waals surface area contributed by atoms with Gasteiger partial charge in [-0.2, -0.15) is 0 Å². The Hall–Kier alpha value is -1.62. The molecular formula is C12H11BrO4. The summed E-state index contributed by atoms with van der Waals surface area (Å²) in [4.78, 5) is 21.9. The summed E-state index contributed by atoms with van der Waals surface area (Å²) in [7, 11) is 0. The van der Waals surface area contributed by atoms with Crippen molar-refractivity contribution in [2.45, 2.75) is 6.92 Å². The third-order valence-corrected chi connectivity index (χ3v) is 2.61. The first-order chi connectivity index (χ1) is 8.04. The molecule has 1 rings (SSSR count). The molecule has 0 radical (unpaired) electrons. The fraction of sp³-hybridized carbons (Fsp3) is 0.167. The van der Waals surface area contributed by atoms with E-state index in [1.54, 1.807) is 19.1 Å².